The van der Waals surface area contributed by atoms with Gasteiger partial charge < -0.3 is 14.8 Å². The Kier molecular flexibility index (Phi) is 5.01. The Morgan fingerprint density at radius 3 is 2.88 bits per heavy atom. The van der Waals surface area contributed by atoms with Gasteiger partial charge in [-0.2, -0.15) is 0 Å². The highest BCUT2D eigenvalue weighted by molar-refractivity contribution is 7.20. The average molecular weight is 349 g/mol. The maximum Gasteiger partial charge on any atom is 0.348 e. The molecule has 0 spiro atoms. The minimum atomic E-state index is -0.328. The molecule has 3 rings (SSSR count). The van der Waals surface area contributed by atoms with Crippen LogP contribution in [0.3, 0.4) is 0 Å². The predicted octanol–water partition coefficient (Wildman–Crippen LogP) is 3.46. The summed E-state index contributed by atoms with van der Waals surface area (Å²) in [7, 11) is 1.40. The zero-order valence-corrected chi connectivity index (χ0v) is 15.3. The summed E-state index contributed by atoms with van der Waals surface area (Å²) in [5, 5.41) is 4.45. The normalized spacial score (nSPS) is 18.8. The van der Waals surface area contributed by atoms with Crippen molar-refractivity contribution in [1.82, 2.24) is 9.97 Å². The molecule has 24 heavy (non-hydrogen) atoms. The van der Waals surface area contributed by atoms with Crippen molar-refractivity contribution in [3.05, 3.63) is 16.3 Å². The first-order chi connectivity index (χ1) is 11.5. The quantitative estimate of drug-likeness (QED) is 0.833. The fraction of sp³-hybridized carbons (Fsp3) is 0.588. The molecule has 0 aromatic carbocycles. The van der Waals surface area contributed by atoms with Crippen molar-refractivity contribution in [3.63, 3.8) is 0 Å². The molecule has 1 aliphatic heterocycles. The van der Waals surface area contributed by atoms with Crippen LogP contribution in [0.5, 0.6) is 0 Å². The van der Waals surface area contributed by atoms with E-state index < -0.39 is 0 Å². The number of hydrogen-bond acceptors (Lipinski definition) is 7. The number of carbonyl (C=O) groups is 1. The predicted molar refractivity (Wildman–Crippen MR) is 94.9 cm³/mol. The van der Waals surface area contributed by atoms with Crippen molar-refractivity contribution in [2.75, 3.05) is 19.0 Å². The van der Waals surface area contributed by atoms with Crippen LogP contribution in [0, 0.1) is 13.8 Å². The number of aryl methyl sites for hydroxylation is 2. The number of nitrogens with one attached hydrogen (secondary N) is 1. The van der Waals surface area contributed by atoms with Gasteiger partial charge in [-0.3, -0.25) is 0 Å². The van der Waals surface area contributed by atoms with Crippen LogP contribution in [0.4, 0.5) is 5.82 Å². The van der Waals surface area contributed by atoms with E-state index in [4.69, 9.17) is 9.47 Å². The Labute approximate surface area is 145 Å². The van der Waals surface area contributed by atoms with Gasteiger partial charge in [-0.25, -0.2) is 14.8 Å². The molecule has 1 aliphatic rings. The monoisotopic (exact) mass is 349 g/mol. The molecule has 2 atom stereocenters. The van der Waals surface area contributed by atoms with Gasteiger partial charge in [0, 0.05) is 6.61 Å². The van der Waals surface area contributed by atoms with Crippen molar-refractivity contribution in [3.8, 4) is 0 Å². The fourth-order valence-corrected chi connectivity index (χ4v) is 4.34. The maximum atomic E-state index is 12.0. The molecule has 0 radical (unpaired) electrons. The summed E-state index contributed by atoms with van der Waals surface area (Å²) in [6.45, 7) is 6.75. The van der Waals surface area contributed by atoms with Crippen LogP contribution in [0.25, 0.3) is 10.2 Å². The number of fused-ring (bicyclic) bond motifs is 1. The first-order valence-corrected chi connectivity index (χ1v) is 9.11. The average Bonchev–Trinajstić information content (AvgIpc) is 3.20. The lowest BCUT2D eigenvalue weighted by atomic mass is 10.1. The number of hydrogen-bond donors (Lipinski definition) is 1. The number of aromatic nitrogens is 2. The first-order valence-electron chi connectivity index (χ1n) is 8.29. The van der Waals surface area contributed by atoms with E-state index in [2.05, 4.69) is 22.2 Å². The summed E-state index contributed by atoms with van der Waals surface area (Å²) >= 11 is 1.35. The van der Waals surface area contributed by atoms with Crippen molar-refractivity contribution >= 4 is 33.3 Å². The summed E-state index contributed by atoms with van der Waals surface area (Å²) in [6.07, 6.45) is 3.32. The lowest BCUT2D eigenvalue weighted by Crippen LogP contribution is -2.33. The third-order valence-electron chi connectivity index (χ3n) is 4.45. The summed E-state index contributed by atoms with van der Waals surface area (Å²) in [5.41, 5.74) is 0.867. The SMILES string of the molecule is CCC(Nc1nc(C)nc2sc(C(=O)OC)c(C)c12)C1CCCO1. The molecule has 1 saturated heterocycles. The van der Waals surface area contributed by atoms with Crippen LogP contribution in [-0.4, -0.2) is 41.8 Å². The second-order valence-electron chi connectivity index (χ2n) is 6.06. The highest BCUT2D eigenvalue weighted by atomic mass is 32.1. The molecule has 0 aliphatic carbocycles. The molecule has 0 saturated carbocycles. The molecule has 130 valence electrons. The van der Waals surface area contributed by atoms with Gasteiger partial charge in [0.05, 0.1) is 24.6 Å². The Morgan fingerprint density at radius 1 is 1.46 bits per heavy atom. The Bertz CT molecular complexity index is 753. The molecule has 2 unspecified atom stereocenters. The molecule has 2 aromatic rings. The molecule has 1 fully saturated rings. The van der Waals surface area contributed by atoms with E-state index in [0.717, 1.165) is 47.5 Å². The van der Waals surface area contributed by atoms with E-state index in [0.29, 0.717) is 10.7 Å². The summed E-state index contributed by atoms with van der Waals surface area (Å²) in [4.78, 5) is 22.5. The molecule has 6 nitrogen and oxygen atoms in total. The van der Waals surface area contributed by atoms with E-state index in [1.165, 1.54) is 18.4 Å². The van der Waals surface area contributed by atoms with Crippen LogP contribution < -0.4 is 5.32 Å². The number of methoxy groups -OCH3 is 1. The Hall–Kier alpha value is -1.73. The van der Waals surface area contributed by atoms with E-state index in [1.54, 1.807) is 0 Å². The Balaban J connectivity index is 2.02. The van der Waals surface area contributed by atoms with Gasteiger partial charge in [-0.1, -0.05) is 6.92 Å². The largest absolute Gasteiger partial charge is 0.465 e. The molecule has 0 bridgehead atoms. The van der Waals surface area contributed by atoms with Crippen LogP contribution in [0.15, 0.2) is 0 Å². The Morgan fingerprint density at radius 2 is 2.25 bits per heavy atom. The lowest BCUT2D eigenvalue weighted by Gasteiger charge is -2.24. The standard InChI is InChI=1S/C17H23N3O3S/c1-5-11(12-7-6-8-23-12)20-15-13-9(2)14(17(21)22-4)24-16(13)19-10(3)18-15/h11-12H,5-8H2,1-4H3,(H,18,19,20). The number of ether oxygens (including phenoxy) is 2. The van der Waals surface area contributed by atoms with Crippen LogP contribution in [0.2, 0.25) is 0 Å². The number of rotatable bonds is 5. The first kappa shape index (κ1) is 17.1. The van der Waals surface area contributed by atoms with Crippen molar-refractivity contribution in [2.24, 2.45) is 0 Å². The van der Waals surface area contributed by atoms with E-state index >= 15 is 0 Å². The van der Waals surface area contributed by atoms with E-state index in [1.807, 2.05) is 13.8 Å². The highest BCUT2D eigenvalue weighted by Crippen LogP contribution is 2.35. The minimum absolute atomic E-state index is 0.200. The van der Waals surface area contributed by atoms with Crippen LogP contribution in [0.1, 0.15) is 47.2 Å². The van der Waals surface area contributed by atoms with Gasteiger partial charge in [0.25, 0.3) is 0 Å². The fourth-order valence-electron chi connectivity index (χ4n) is 3.19. The van der Waals surface area contributed by atoms with Crippen LogP contribution in [-0.2, 0) is 9.47 Å². The third-order valence-corrected chi connectivity index (χ3v) is 5.61. The third kappa shape index (κ3) is 3.10. The van der Waals surface area contributed by atoms with E-state index in [-0.39, 0.29) is 18.1 Å². The maximum absolute atomic E-state index is 12.0. The summed E-state index contributed by atoms with van der Waals surface area (Å²) in [6, 6.07) is 0.200. The van der Waals surface area contributed by atoms with Gasteiger partial charge in [-0.05, 0) is 38.7 Å². The van der Waals surface area contributed by atoms with Gasteiger partial charge >= 0.3 is 5.97 Å². The van der Waals surface area contributed by atoms with Gasteiger partial charge in [0.2, 0.25) is 0 Å². The molecular formula is C17H23N3O3S. The molecule has 2 aromatic heterocycles. The van der Waals surface area contributed by atoms with E-state index in [9.17, 15) is 4.79 Å². The summed E-state index contributed by atoms with van der Waals surface area (Å²) in [5.74, 6) is 1.14. The van der Waals surface area contributed by atoms with Crippen LogP contribution >= 0.6 is 11.3 Å². The topological polar surface area (TPSA) is 73.3 Å². The second kappa shape index (κ2) is 7.03. The number of nitrogens with zero attached hydrogens (tertiary/aromatic N) is 2. The second-order valence-corrected chi connectivity index (χ2v) is 7.06. The number of thiophene rings is 1. The number of anilines is 1. The molecule has 0 amide bonds. The van der Waals surface area contributed by atoms with Gasteiger partial charge in [0.1, 0.15) is 21.3 Å². The van der Waals surface area contributed by atoms with Crippen molar-refractivity contribution in [2.45, 2.75) is 52.2 Å². The smallest absolute Gasteiger partial charge is 0.348 e. The summed E-state index contributed by atoms with van der Waals surface area (Å²) < 4.78 is 10.7. The highest BCUT2D eigenvalue weighted by Gasteiger charge is 2.27. The zero-order valence-electron chi connectivity index (χ0n) is 14.5. The molecular weight excluding hydrogens is 326 g/mol. The van der Waals surface area contributed by atoms with Crippen molar-refractivity contribution in [1.29, 1.82) is 0 Å². The molecule has 7 heteroatoms. The molecule has 3 heterocycles. The molecule has 1 N–H and O–H groups in total. The number of carbonyl (C=O) groups excluding carboxylic acids is 1. The van der Waals surface area contributed by atoms with Gasteiger partial charge in [-0.15, -0.1) is 11.3 Å². The minimum Gasteiger partial charge on any atom is -0.465 e. The van der Waals surface area contributed by atoms with Crippen molar-refractivity contribution < 1.29 is 14.3 Å². The number of esters is 1. The lowest BCUT2D eigenvalue weighted by molar-refractivity contribution is 0.0605. The van der Waals surface area contributed by atoms with Gasteiger partial charge in [0.15, 0.2) is 0 Å². The zero-order chi connectivity index (χ0) is 17.3.